The first-order valence-electron chi connectivity index (χ1n) is 22.3. The molecule has 82 heavy (non-hydrogen) atoms. The molecule has 0 atom stereocenters. The summed E-state index contributed by atoms with van der Waals surface area (Å²) in [5.41, 5.74) is 29.6. The number of hydrogen-bond acceptors (Lipinski definition) is 22. The molecule has 32 heteroatoms. The molecule has 8 heterocycles. The Hall–Kier alpha value is -7.41. The quantitative estimate of drug-likeness (QED) is 0.0858. The van der Waals surface area contributed by atoms with Crippen LogP contribution in [-0.2, 0) is 110 Å². The normalized spacial score (nSPS) is 8.90. The molecule has 0 unspecified atom stereocenters. The fourth-order valence-electron chi connectivity index (χ4n) is 6.36. The maximum absolute atomic E-state index is 8.25. The van der Waals surface area contributed by atoms with Crippen LogP contribution in [0, 0.1) is 89.0 Å². The van der Waals surface area contributed by atoms with E-state index in [-0.39, 0.29) is 108 Å². The molecule has 446 valence electrons. The smallest absolute Gasteiger partial charge is 0.870 e. The van der Waals surface area contributed by atoms with Gasteiger partial charge in [-0.15, -0.1) is 0 Å². The molecule has 0 amide bonds. The van der Waals surface area contributed by atoms with Crippen molar-refractivity contribution >= 4 is 0 Å². The standard InChI is InChI=1S/2C24H22N4.C2H6N2.4NO3.2H2O.4Pt/c2*1-17-5-9-25-21(13-17)23-15-19(7-11-27-23)3-4-20-8-12-28-24(16-20)22-14-18(2)6-10-26-22;3-1-2-4;4*2-1(3)4;;;;;;/h2*5-16H,3-4H2,1-2H3;3-4H,1-2H2;;;;;2*1H2;;;;/q;;-2;4*-1;;;4*+2/p-2. The van der Waals surface area contributed by atoms with E-state index in [4.69, 9.17) is 72.8 Å². The van der Waals surface area contributed by atoms with E-state index in [0.29, 0.717) is 0 Å². The molecule has 8 aromatic heterocycles. The topological polar surface area (TPSA) is 476 Å². The Morgan fingerprint density at radius 3 is 0.573 bits per heavy atom. The molecule has 0 aliphatic rings. The number of aromatic nitrogens is 8. The average Bonchev–Trinajstić information content (AvgIpc) is 3.37. The van der Waals surface area contributed by atoms with E-state index in [0.717, 1.165) is 71.2 Å². The van der Waals surface area contributed by atoms with Crippen molar-refractivity contribution in [2.45, 2.75) is 53.4 Å². The van der Waals surface area contributed by atoms with E-state index in [1.165, 1.54) is 44.5 Å². The first kappa shape index (κ1) is 83.4. The summed E-state index contributed by atoms with van der Waals surface area (Å²) in [6, 6.07) is 33.1. The second-order valence-corrected chi connectivity index (χ2v) is 15.5. The summed E-state index contributed by atoms with van der Waals surface area (Å²) in [4.78, 5) is 68.7. The van der Waals surface area contributed by atoms with Crippen LogP contribution in [-0.4, -0.2) is 84.3 Å². The maximum Gasteiger partial charge on any atom is 2.00 e. The third-order valence-electron chi connectivity index (χ3n) is 9.54. The molecule has 0 saturated heterocycles. The van der Waals surface area contributed by atoms with Gasteiger partial charge in [0.25, 0.3) is 0 Å². The van der Waals surface area contributed by atoms with Gasteiger partial charge in [0.05, 0.1) is 65.9 Å². The Bertz CT molecular complexity index is 2690. The van der Waals surface area contributed by atoms with Crippen molar-refractivity contribution in [3.8, 4) is 45.6 Å². The van der Waals surface area contributed by atoms with E-state index in [1.807, 2.05) is 73.8 Å². The Morgan fingerprint density at radius 2 is 0.439 bits per heavy atom. The first-order valence-corrected chi connectivity index (χ1v) is 22.3. The predicted molar refractivity (Wildman–Crippen MR) is 287 cm³/mol. The van der Waals surface area contributed by atoms with E-state index in [9.17, 15) is 0 Å². The second-order valence-electron chi connectivity index (χ2n) is 15.5. The molecular weight excluding hydrogens is 1800 g/mol. The van der Waals surface area contributed by atoms with Crippen LogP contribution in [0.1, 0.15) is 44.5 Å². The second kappa shape index (κ2) is 47.3. The number of nitrogens with one attached hydrogen (secondary N) is 2. The summed E-state index contributed by atoms with van der Waals surface area (Å²) in [6.45, 7) is 8.75. The Kier molecular flexibility index (Phi) is 48.1. The summed E-state index contributed by atoms with van der Waals surface area (Å²) < 4.78 is 0. The van der Waals surface area contributed by atoms with Crippen LogP contribution in [0.3, 0.4) is 0 Å². The molecular formula is C50H52N14O14Pt4. The van der Waals surface area contributed by atoms with Crippen LogP contribution < -0.4 is 0 Å². The van der Waals surface area contributed by atoms with Gasteiger partial charge in [-0.3, -0.25) is 39.9 Å². The van der Waals surface area contributed by atoms with Crippen molar-refractivity contribution in [1.29, 1.82) is 0 Å². The SMILES string of the molecule is Cc1ccnc(-c2cc(CCc3ccnc(-c4cc(C)ccn4)c3)ccn2)c1.Cc1ccnc(-c2cc(CCc3ccnc(-c4cc(C)ccn4)c3)ccn2)c1.O=[N+]([O-])[O-].O=[N+]([O-])[O-].O=[N+]([O-])[O-].O=[N+]([O-])[O-].[NH-]CC[NH-].[OH-].[OH-].[Pt+2].[Pt+2].[Pt+2].[Pt+2]. The van der Waals surface area contributed by atoms with Crippen LogP contribution in [0.25, 0.3) is 57.0 Å². The average molecular weight is 1850 g/mol. The van der Waals surface area contributed by atoms with E-state index in [2.05, 4.69) is 140 Å². The van der Waals surface area contributed by atoms with Gasteiger partial charge in [-0.05, 0) is 195 Å². The molecule has 28 nitrogen and oxygen atoms in total. The minimum atomic E-state index is -1.75. The van der Waals surface area contributed by atoms with Crippen LogP contribution in [0.5, 0.6) is 0 Å². The zero-order valence-electron chi connectivity index (χ0n) is 43.5. The minimum Gasteiger partial charge on any atom is -0.870 e. The Morgan fingerprint density at radius 1 is 0.305 bits per heavy atom. The van der Waals surface area contributed by atoms with E-state index < -0.39 is 20.3 Å². The molecule has 0 spiro atoms. The van der Waals surface area contributed by atoms with Crippen molar-refractivity contribution in [1.82, 2.24) is 39.9 Å². The number of pyridine rings is 8. The third kappa shape index (κ3) is 37.5. The van der Waals surface area contributed by atoms with Gasteiger partial charge in [-0.25, -0.2) is 0 Å². The molecule has 0 radical (unpaired) electrons. The van der Waals surface area contributed by atoms with Crippen molar-refractivity contribution in [3.05, 3.63) is 264 Å². The summed E-state index contributed by atoms with van der Waals surface area (Å²) in [5.74, 6) is 0. The number of nitrogens with zero attached hydrogens (tertiary/aromatic N) is 12. The molecule has 0 saturated carbocycles. The van der Waals surface area contributed by atoms with Gasteiger partial charge in [0.1, 0.15) is 0 Å². The fourth-order valence-corrected chi connectivity index (χ4v) is 6.36. The van der Waals surface area contributed by atoms with Gasteiger partial charge in [0, 0.05) is 49.6 Å². The summed E-state index contributed by atoms with van der Waals surface area (Å²) >= 11 is 0. The van der Waals surface area contributed by atoms with E-state index >= 15 is 0 Å². The first-order chi connectivity index (χ1) is 36.2. The monoisotopic (exact) mass is 1850 g/mol. The van der Waals surface area contributed by atoms with Crippen LogP contribution >= 0.6 is 0 Å². The largest absolute Gasteiger partial charge is 2.00 e. The zero-order chi connectivity index (χ0) is 56.4. The predicted octanol–water partition coefficient (Wildman–Crippen LogP) is 9.78. The van der Waals surface area contributed by atoms with Gasteiger partial charge in [0.2, 0.25) is 0 Å². The number of hydrogen-bond donors (Lipinski definition) is 0. The zero-order valence-corrected chi connectivity index (χ0v) is 52.6. The van der Waals surface area contributed by atoms with Gasteiger partial charge in [0.15, 0.2) is 0 Å². The Labute approximate surface area is 527 Å². The van der Waals surface area contributed by atoms with Crippen molar-refractivity contribution in [2.75, 3.05) is 13.1 Å². The molecule has 4 N–H and O–H groups in total. The van der Waals surface area contributed by atoms with Gasteiger partial charge in [-0.2, -0.15) is 13.1 Å². The van der Waals surface area contributed by atoms with Crippen molar-refractivity contribution < 1.29 is 116 Å². The third-order valence-corrected chi connectivity index (χ3v) is 9.54. The van der Waals surface area contributed by atoms with E-state index in [1.54, 1.807) is 0 Å². The van der Waals surface area contributed by atoms with Gasteiger partial charge in [-0.1, -0.05) is 0 Å². The summed E-state index contributed by atoms with van der Waals surface area (Å²) in [5, 5.41) is 59.0. The fraction of sp³-hybridized carbons (Fsp3) is 0.200. The molecule has 0 bridgehead atoms. The van der Waals surface area contributed by atoms with Crippen molar-refractivity contribution in [2.24, 2.45) is 0 Å². The summed E-state index contributed by atoms with van der Waals surface area (Å²) in [7, 11) is 0. The molecule has 0 fully saturated rings. The molecule has 8 rings (SSSR count). The van der Waals surface area contributed by atoms with Gasteiger partial charge < -0.3 is 83.7 Å². The number of aryl methyl sites for hydroxylation is 8. The Balaban J connectivity index is -0.000000344. The van der Waals surface area contributed by atoms with Crippen LogP contribution in [0.4, 0.5) is 0 Å². The number of rotatable bonds is 11. The molecule has 8 aromatic rings. The minimum absolute atomic E-state index is 0. The molecule has 0 aromatic carbocycles. The maximum atomic E-state index is 8.25. The van der Waals surface area contributed by atoms with Crippen molar-refractivity contribution in [3.63, 3.8) is 0 Å². The molecule has 0 aliphatic heterocycles. The molecule has 0 aliphatic carbocycles. The van der Waals surface area contributed by atoms with Crippen LogP contribution in [0.2, 0.25) is 0 Å². The van der Waals surface area contributed by atoms with Gasteiger partial charge >= 0.3 is 84.3 Å². The van der Waals surface area contributed by atoms with Crippen LogP contribution in [0.15, 0.2) is 147 Å². The summed E-state index contributed by atoms with van der Waals surface area (Å²) in [6.07, 6.45) is 18.5.